The quantitative estimate of drug-likeness (QED) is 0.908. The Morgan fingerprint density at radius 3 is 2.81 bits per heavy atom. The van der Waals surface area contributed by atoms with Crippen molar-refractivity contribution in [2.75, 3.05) is 5.73 Å². The molecule has 3 N–H and O–H groups in total. The Morgan fingerprint density at radius 2 is 2.24 bits per heavy atom. The fourth-order valence-corrected chi connectivity index (χ4v) is 2.00. The van der Waals surface area contributed by atoms with E-state index in [2.05, 4.69) is 10.4 Å². The Balaban J connectivity index is 2.14. The number of aryl methyl sites for hydroxylation is 2. The van der Waals surface area contributed by atoms with E-state index in [1.807, 2.05) is 6.92 Å². The maximum Gasteiger partial charge on any atom is 0.274 e. The first-order valence-corrected chi connectivity index (χ1v) is 6.82. The minimum absolute atomic E-state index is 0.191. The summed E-state index contributed by atoms with van der Waals surface area (Å²) in [5.74, 6) is -0.656. The first-order valence-electron chi connectivity index (χ1n) is 6.82. The molecule has 0 aliphatic carbocycles. The second-order valence-corrected chi connectivity index (χ2v) is 4.99. The molecule has 1 atom stereocenters. The number of hydrogen-bond acceptors (Lipinski definition) is 3. The van der Waals surface area contributed by atoms with Crippen molar-refractivity contribution in [3.8, 4) is 0 Å². The Labute approximate surface area is 123 Å². The van der Waals surface area contributed by atoms with Crippen molar-refractivity contribution in [2.24, 2.45) is 0 Å². The fourth-order valence-electron chi connectivity index (χ4n) is 2.00. The molecule has 0 saturated heterocycles. The van der Waals surface area contributed by atoms with Crippen LogP contribution in [0.25, 0.3) is 0 Å². The minimum atomic E-state index is -0.367. The molecule has 1 aromatic heterocycles. The third kappa shape index (κ3) is 3.21. The summed E-state index contributed by atoms with van der Waals surface area (Å²) in [4.78, 5) is 12.2. The van der Waals surface area contributed by atoms with Crippen LogP contribution in [0, 0.1) is 12.7 Å². The number of nitrogens with one attached hydrogen (secondary N) is 1. The van der Waals surface area contributed by atoms with Crippen LogP contribution in [0.1, 0.15) is 41.5 Å². The van der Waals surface area contributed by atoms with Crippen LogP contribution in [0.15, 0.2) is 24.4 Å². The highest BCUT2D eigenvalue weighted by Crippen LogP contribution is 2.17. The number of anilines is 1. The zero-order chi connectivity index (χ0) is 15.6. The number of nitrogens with zero attached hydrogens (tertiary/aromatic N) is 2. The molecule has 2 aromatic rings. The number of nitrogens with two attached hydrogens (primary N) is 1. The molecule has 0 radical (unpaired) electrons. The van der Waals surface area contributed by atoms with Crippen molar-refractivity contribution in [1.82, 2.24) is 15.1 Å². The number of aromatic nitrogens is 2. The molecule has 0 aliphatic heterocycles. The molecule has 0 saturated carbocycles. The fraction of sp³-hybridized carbons (Fsp3) is 0.333. The summed E-state index contributed by atoms with van der Waals surface area (Å²) in [6.07, 6.45) is 1.62. The summed E-state index contributed by atoms with van der Waals surface area (Å²) in [6.45, 7) is 6.03. The summed E-state index contributed by atoms with van der Waals surface area (Å²) in [7, 11) is 0. The number of halogens is 1. The number of benzene rings is 1. The number of amides is 1. The molecule has 6 heteroatoms. The van der Waals surface area contributed by atoms with Gasteiger partial charge in [0.25, 0.3) is 5.91 Å². The average molecular weight is 290 g/mol. The lowest BCUT2D eigenvalue weighted by Crippen LogP contribution is -2.28. The number of hydrogen-bond donors (Lipinski definition) is 2. The molecule has 0 spiro atoms. The van der Waals surface area contributed by atoms with Crippen molar-refractivity contribution >= 4 is 11.6 Å². The van der Waals surface area contributed by atoms with Gasteiger partial charge in [-0.15, -0.1) is 0 Å². The third-order valence-electron chi connectivity index (χ3n) is 3.37. The second-order valence-electron chi connectivity index (χ2n) is 4.99. The van der Waals surface area contributed by atoms with Crippen molar-refractivity contribution in [2.45, 2.75) is 33.4 Å². The minimum Gasteiger partial charge on any atom is -0.396 e. The molecule has 1 aromatic carbocycles. The van der Waals surface area contributed by atoms with Gasteiger partial charge in [-0.05, 0) is 38.0 Å². The highest BCUT2D eigenvalue weighted by atomic mass is 19.1. The third-order valence-corrected chi connectivity index (χ3v) is 3.37. The molecule has 21 heavy (non-hydrogen) atoms. The molecule has 1 amide bonds. The first kappa shape index (κ1) is 15.0. The van der Waals surface area contributed by atoms with Crippen molar-refractivity contribution in [3.63, 3.8) is 0 Å². The second kappa shape index (κ2) is 5.95. The lowest BCUT2D eigenvalue weighted by molar-refractivity contribution is 0.0935. The van der Waals surface area contributed by atoms with Crippen LogP contribution in [-0.2, 0) is 6.54 Å². The standard InChI is InChI=1S/C15H19FN4O/c1-4-20-8-13(17)14(19-20)15(21)18-10(3)11-6-5-9(2)12(16)7-11/h5-8,10H,4,17H2,1-3H3,(H,18,21). The summed E-state index contributed by atoms with van der Waals surface area (Å²) in [6, 6.07) is 4.57. The average Bonchev–Trinajstić information content (AvgIpc) is 2.83. The lowest BCUT2D eigenvalue weighted by atomic mass is 10.1. The van der Waals surface area contributed by atoms with Crippen LogP contribution in [0.4, 0.5) is 10.1 Å². The van der Waals surface area contributed by atoms with Gasteiger partial charge in [-0.2, -0.15) is 5.10 Å². The van der Waals surface area contributed by atoms with Crippen molar-refractivity contribution in [3.05, 3.63) is 47.0 Å². The van der Waals surface area contributed by atoms with E-state index in [1.54, 1.807) is 36.9 Å². The molecule has 2 rings (SSSR count). The number of nitrogen functional groups attached to an aromatic ring is 1. The van der Waals surface area contributed by atoms with Gasteiger partial charge in [0.15, 0.2) is 5.69 Å². The van der Waals surface area contributed by atoms with E-state index in [9.17, 15) is 9.18 Å². The van der Waals surface area contributed by atoms with Crippen LogP contribution in [0.5, 0.6) is 0 Å². The van der Waals surface area contributed by atoms with Gasteiger partial charge in [0, 0.05) is 12.7 Å². The van der Waals surface area contributed by atoms with E-state index in [0.29, 0.717) is 23.4 Å². The molecular weight excluding hydrogens is 271 g/mol. The van der Waals surface area contributed by atoms with Gasteiger partial charge in [-0.1, -0.05) is 12.1 Å². The number of carbonyl (C=O) groups is 1. The predicted octanol–water partition coefficient (Wildman–Crippen LogP) is 2.42. The number of rotatable bonds is 4. The van der Waals surface area contributed by atoms with Gasteiger partial charge in [0.2, 0.25) is 0 Å². The Kier molecular flexibility index (Phi) is 4.26. The van der Waals surface area contributed by atoms with Crippen LogP contribution in [-0.4, -0.2) is 15.7 Å². The maximum atomic E-state index is 13.6. The lowest BCUT2D eigenvalue weighted by Gasteiger charge is -2.14. The maximum absolute atomic E-state index is 13.6. The zero-order valence-corrected chi connectivity index (χ0v) is 12.4. The summed E-state index contributed by atoms with van der Waals surface area (Å²) in [5.41, 5.74) is 7.56. The molecule has 5 nitrogen and oxygen atoms in total. The topological polar surface area (TPSA) is 72.9 Å². The van der Waals surface area contributed by atoms with Gasteiger partial charge >= 0.3 is 0 Å². The van der Waals surface area contributed by atoms with Gasteiger partial charge in [0.05, 0.1) is 11.7 Å². The molecular formula is C15H19FN4O. The molecule has 1 heterocycles. The summed E-state index contributed by atoms with van der Waals surface area (Å²) in [5, 5.41) is 6.89. The Morgan fingerprint density at radius 1 is 1.52 bits per heavy atom. The van der Waals surface area contributed by atoms with Crippen LogP contribution in [0.2, 0.25) is 0 Å². The van der Waals surface area contributed by atoms with E-state index in [4.69, 9.17) is 5.73 Å². The molecule has 0 fully saturated rings. The Hall–Kier alpha value is -2.37. The SMILES string of the molecule is CCn1cc(N)c(C(=O)NC(C)c2ccc(C)c(F)c2)n1. The predicted molar refractivity (Wildman–Crippen MR) is 79.3 cm³/mol. The Bertz CT molecular complexity index is 666. The first-order chi connectivity index (χ1) is 9.92. The van der Waals surface area contributed by atoms with Gasteiger partial charge in [-0.3, -0.25) is 9.48 Å². The van der Waals surface area contributed by atoms with E-state index in [-0.39, 0.29) is 23.5 Å². The molecule has 112 valence electrons. The van der Waals surface area contributed by atoms with Crippen molar-refractivity contribution < 1.29 is 9.18 Å². The van der Waals surface area contributed by atoms with Crippen LogP contribution < -0.4 is 11.1 Å². The summed E-state index contributed by atoms with van der Waals surface area (Å²) >= 11 is 0. The molecule has 1 unspecified atom stereocenters. The van der Waals surface area contributed by atoms with Gasteiger partial charge in [0.1, 0.15) is 5.82 Å². The zero-order valence-electron chi connectivity index (χ0n) is 12.4. The van der Waals surface area contributed by atoms with E-state index in [0.717, 1.165) is 0 Å². The highest BCUT2D eigenvalue weighted by molar-refractivity contribution is 5.97. The van der Waals surface area contributed by atoms with Crippen molar-refractivity contribution in [1.29, 1.82) is 0 Å². The largest absolute Gasteiger partial charge is 0.396 e. The smallest absolute Gasteiger partial charge is 0.274 e. The highest BCUT2D eigenvalue weighted by Gasteiger charge is 2.17. The summed E-state index contributed by atoms with van der Waals surface area (Å²) < 4.78 is 15.2. The molecule has 0 bridgehead atoms. The van der Waals surface area contributed by atoms with Crippen LogP contribution >= 0.6 is 0 Å². The van der Waals surface area contributed by atoms with Crippen LogP contribution in [0.3, 0.4) is 0 Å². The molecule has 0 aliphatic rings. The monoisotopic (exact) mass is 290 g/mol. The van der Waals surface area contributed by atoms with E-state index < -0.39 is 0 Å². The number of carbonyl (C=O) groups excluding carboxylic acids is 1. The normalized spacial score (nSPS) is 12.2. The van der Waals surface area contributed by atoms with E-state index >= 15 is 0 Å². The van der Waals surface area contributed by atoms with E-state index in [1.165, 1.54) is 6.07 Å². The van der Waals surface area contributed by atoms with Gasteiger partial charge in [-0.25, -0.2) is 4.39 Å². The van der Waals surface area contributed by atoms with Gasteiger partial charge < -0.3 is 11.1 Å².